The Kier molecular flexibility index (Phi) is 3.08. The van der Waals surface area contributed by atoms with Crippen LogP contribution in [-0.2, 0) is 4.79 Å². The number of rotatable bonds is 2. The molecular formula is C12H14N2O3. The molecule has 0 unspecified atom stereocenters. The van der Waals surface area contributed by atoms with Crippen LogP contribution in [0.3, 0.4) is 0 Å². The summed E-state index contributed by atoms with van der Waals surface area (Å²) in [7, 11) is 0. The van der Waals surface area contributed by atoms with E-state index in [0.29, 0.717) is 6.42 Å². The molecular weight excluding hydrogens is 220 g/mol. The van der Waals surface area contributed by atoms with Crippen LogP contribution < -0.4 is 5.32 Å². The predicted molar refractivity (Wildman–Crippen MR) is 62.1 cm³/mol. The minimum Gasteiger partial charge on any atom is -0.343 e. The highest BCUT2D eigenvalue weighted by Crippen LogP contribution is 2.26. The van der Waals surface area contributed by atoms with Crippen LogP contribution in [0.5, 0.6) is 0 Å². The van der Waals surface area contributed by atoms with Crippen LogP contribution in [0.4, 0.5) is 0 Å². The molecule has 1 N–H and O–H groups in total. The van der Waals surface area contributed by atoms with Gasteiger partial charge in [0.15, 0.2) is 0 Å². The highest BCUT2D eigenvalue weighted by atomic mass is 16.6. The van der Waals surface area contributed by atoms with E-state index in [9.17, 15) is 14.9 Å². The number of aryl methyl sites for hydroxylation is 1. The lowest BCUT2D eigenvalue weighted by molar-refractivity contribution is -0.529. The molecule has 1 aromatic carbocycles. The molecule has 0 spiro atoms. The summed E-state index contributed by atoms with van der Waals surface area (Å²) < 4.78 is 0. The molecule has 0 bridgehead atoms. The van der Waals surface area contributed by atoms with Gasteiger partial charge in [-0.2, -0.15) is 0 Å². The number of carbonyl (C=O) groups is 1. The summed E-state index contributed by atoms with van der Waals surface area (Å²) in [5, 5.41) is 13.7. The Labute approximate surface area is 99.0 Å². The minimum absolute atomic E-state index is 0.117. The van der Waals surface area contributed by atoms with Crippen LogP contribution in [0.2, 0.25) is 0 Å². The van der Waals surface area contributed by atoms with Crippen molar-refractivity contribution < 1.29 is 9.72 Å². The predicted octanol–water partition coefficient (Wildman–Crippen LogP) is 1.59. The van der Waals surface area contributed by atoms with Crippen molar-refractivity contribution in [3.05, 3.63) is 45.5 Å². The molecule has 90 valence electrons. The van der Waals surface area contributed by atoms with E-state index in [1.54, 1.807) is 0 Å². The van der Waals surface area contributed by atoms with E-state index in [4.69, 9.17) is 0 Å². The fraction of sp³-hybridized carbons (Fsp3) is 0.417. The van der Waals surface area contributed by atoms with Crippen LogP contribution in [-0.4, -0.2) is 16.9 Å². The fourth-order valence-electron chi connectivity index (χ4n) is 2.09. The van der Waals surface area contributed by atoms with Crippen molar-refractivity contribution in [3.8, 4) is 0 Å². The number of piperidine rings is 1. The highest BCUT2D eigenvalue weighted by Gasteiger charge is 2.37. The Morgan fingerprint density at radius 3 is 2.59 bits per heavy atom. The highest BCUT2D eigenvalue weighted by molar-refractivity contribution is 5.77. The normalized spacial score (nSPS) is 24.2. The SMILES string of the molecule is Cc1ccc([C@H]2NC(=O)CC[C@H]2[N+](=O)[O-])cc1. The monoisotopic (exact) mass is 234 g/mol. The topological polar surface area (TPSA) is 72.2 Å². The van der Waals surface area contributed by atoms with Crippen LogP contribution >= 0.6 is 0 Å². The van der Waals surface area contributed by atoms with Crippen LogP contribution in [0, 0.1) is 17.0 Å². The molecule has 2 atom stereocenters. The Hall–Kier alpha value is -1.91. The molecule has 0 aliphatic carbocycles. The van der Waals surface area contributed by atoms with Crippen molar-refractivity contribution in [2.45, 2.75) is 31.8 Å². The van der Waals surface area contributed by atoms with Crippen molar-refractivity contribution in [1.29, 1.82) is 0 Å². The molecule has 1 aromatic rings. The summed E-state index contributed by atoms with van der Waals surface area (Å²) in [6, 6.07) is 6.23. The van der Waals surface area contributed by atoms with Gasteiger partial charge in [0.25, 0.3) is 0 Å². The smallest absolute Gasteiger partial charge is 0.237 e. The van der Waals surface area contributed by atoms with E-state index in [2.05, 4.69) is 5.32 Å². The maximum atomic E-state index is 11.3. The largest absolute Gasteiger partial charge is 0.343 e. The number of nitro groups is 1. The van der Waals surface area contributed by atoms with Crippen molar-refractivity contribution in [1.82, 2.24) is 5.32 Å². The van der Waals surface area contributed by atoms with E-state index < -0.39 is 12.1 Å². The van der Waals surface area contributed by atoms with Gasteiger partial charge in [0.1, 0.15) is 6.04 Å². The number of nitrogens with one attached hydrogen (secondary N) is 1. The first kappa shape index (κ1) is 11.6. The third kappa shape index (κ3) is 2.43. The second-order valence-electron chi connectivity index (χ2n) is 4.35. The second-order valence-corrected chi connectivity index (χ2v) is 4.35. The van der Waals surface area contributed by atoms with Gasteiger partial charge in [-0.05, 0) is 12.5 Å². The quantitative estimate of drug-likeness (QED) is 0.624. The van der Waals surface area contributed by atoms with Crippen LogP contribution in [0.15, 0.2) is 24.3 Å². The molecule has 1 fully saturated rings. The summed E-state index contributed by atoms with van der Waals surface area (Å²) in [6.07, 6.45) is 0.533. The summed E-state index contributed by atoms with van der Waals surface area (Å²) in [6.45, 7) is 1.95. The Bertz CT molecular complexity index is 442. The average Bonchev–Trinajstić information content (AvgIpc) is 2.29. The molecule has 1 heterocycles. The van der Waals surface area contributed by atoms with Gasteiger partial charge >= 0.3 is 0 Å². The number of hydrogen-bond acceptors (Lipinski definition) is 3. The van der Waals surface area contributed by atoms with Gasteiger partial charge in [0.05, 0.1) is 0 Å². The molecule has 1 aliphatic rings. The van der Waals surface area contributed by atoms with Gasteiger partial charge in [-0.1, -0.05) is 29.8 Å². The number of nitrogens with zero attached hydrogens (tertiary/aromatic N) is 1. The van der Waals surface area contributed by atoms with E-state index in [0.717, 1.165) is 11.1 Å². The van der Waals surface area contributed by atoms with E-state index >= 15 is 0 Å². The first-order valence-corrected chi connectivity index (χ1v) is 5.57. The van der Waals surface area contributed by atoms with Crippen LogP contribution in [0.25, 0.3) is 0 Å². The molecule has 1 aliphatic heterocycles. The fourth-order valence-corrected chi connectivity index (χ4v) is 2.09. The zero-order chi connectivity index (χ0) is 12.4. The summed E-state index contributed by atoms with van der Waals surface area (Å²) in [5.41, 5.74) is 1.89. The summed E-state index contributed by atoms with van der Waals surface area (Å²) >= 11 is 0. The molecule has 1 saturated heterocycles. The second kappa shape index (κ2) is 4.53. The molecule has 1 amide bonds. The van der Waals surface area contributed by atoms with Crippen molar-refractivity contribution in [2.24, 2.45) is 0 Å². The van der Waals surface area contributed by atoms with Gasteiger partial charge in [-0.25, -0.2) is 0 Å². The molecule has 5 nitrogen and oxygen atoms in total. The molecule has 0 aromatic heterocycles. The van der Waals surface area contributed by atoms with Gasteiger partial charge in [0, 0.05) is 17.8 Å². The van der Waals surface area contributed by atoms with Crippen molar-refractivity contribution in [3.63, 3.8) is 0 Å². The van der Waals surface area contributed by atoms with E-state index in [1.807, 2.05) is 31.2 Å². The molecule has 0 saturated carbocycles. The number of amides is 1. The van der Waals surface area contributed by atoms with Crippen molar-refractivity contribution >= 4 is 5.91 Å². The molecule has 0 radical (unpaired) electrons. The lowest BCUT2D eigenvalue weighted by Crippen LogP contribution is -2.45. The Morgan fingerprint density at radius 1 is 1.35 bits per heavy atom. The first-order chi connectivity index (χ1) is 8.08. The summed E-state index contributed by atoms with van der Waals surface area (Å²) in [4.78, 5) is 22.0. The maximum Gasteiger partial charge on any atom is 0.237 e. The Morgan fingerprint density at radius 2 is 2.00 bits per heavy atom. The third-order valence-electron chi connectivity index (χ3n) is 3.08. The van der Waals surface area contributed by atoms with Gasteiger partial charge in [0.2, 0.25) is 11.9 Å². The standard InChI is InChI=1S/C12H14N2O3/c1-8-2-4-9(5-3-8)12-10(14(16)17)6-7-11(15)13-12/h2-5,10,12H,6-7H2,1H3,(H,13,15)/t10-,12-/m1/s1. The number of hydrogen-bond donors (Lipinski definition) is 1. The van der Waals surface area contributed by atoms with Gasteiger partial charge in [-0.15, -0.1) is 0 Å². The minimum atomic E-state index is -0.726. The molecule has 5 heteroatoms. The Balaban J connectivity index is 2.28. The molecule has 2 rings (SSSR count). The van der Waals surface area contributed by atoms with Crippen molar-refractivity contribution in [2.75, 3.05) is 0 Å². The summed E-state index contributed by atoms with van der Waals surface area (Å²) in [5.74, 6) is -0.117. The lowest BCUT2D eigenvalue weighted by Gasteiger charge is -2.26. The van der Waals surface area contributed by atoms with Crippen LogP contribution in [0.1, 0.15) is 30.0 Å². The zero-order valence-electron chi connectivity index (χ0n) is 9.55. The molecule has 17 heavy (non-hydrogen) atoms. The average molecular weight is 234 g/mol. The zero-order valence-corrected chi connectivity index (χ0v) is 9.55. The lowest BCUT2D eigenvalue weighted by atomic mass is 9.92. The van der Waals surface area contributed by atoms with Gasteiger partial charge in [-0.3, -0.25) is 14.9 Å². The third-order valence-corrected chi connectivity index (χ3v) is 3.08. The number of benzene rings is 1. The van der Waals surface area contributed by atoms with Gasteiger partial charge < -0.3 is 5.32 Å². The van der Waals surface area contributed by atoms with E-state index in [1.165, 1.54) is 0 Å². The van der Waals surface area contributed by atoms with E-state index in [-0.39, 0.29) is 17.3 Å². The number of carbonyl (C=O) groups excluding carboxylic acids is 1. The first-order valence-electron chi connectivity index (χ1n) is 5.57. The maximum absolute atomic E-state index is 11.3.